The molecule has 3 heterocycles. The number of hydrogen-bond donors (Lipinski definition) is 1. The van der Waals surface area contributed by atoms with Gasteiger partial charge in [0.25, 0.3) is 0 Å². The molecule has 2 aromatic rings. The van der Waals surface area contributed by atoms with E-state index in [0.29, 0.717) is 57.4 Å². The molecule has 2 saturated heterocycles. The van der Waals surface area contributed by atoms with Gasteiger partial charge in [0.05, 0.1) is 26.0 Å². The molecule has 0 bridgehead atoms. The molecular weight excluding hydrogens is 488 g/mol. The van der Waals surface area contributed by atoms with Crippen LogP contribution in [0.1, 0.15) is 26.2 Å². The average Bonchev–Trinajstić information content (AvgIpc) is 3.48. The van der Waals surface area contributed by atoms with Crippen LogP contribution in [0.3, 0.4) is 0 Å². The summed E-state index contributed by atoms with van der Waals surface area (Å²) in [6.07, 6.45) is 2.74. The quantitative estimate of drug-likeness (QED) is 0.503. The van der Waals surface area contributed by atoms with Crippen LogP contribution in [0.2, 0.25) is 0 Å². The second-order valence-electron chi connectivity index (χ2n) is 9.46. The monoisotopic (exact) mass is 526 g/mol. The van der Waals surface area contributed by atoms with Crippen molar-refractivity contribution in [2.75, 3.05) is 71.5 Å². The molecule has 1 N–H and O–H groups in total. The zero-order valence-corrected chi connectivity index (χ0v) is 22.5. The number of hydrogen-bond acceptors (Lipinski definition) is 8. The SMILES string of the molecule is CCCNC(=O)N(CC(=O)N1CCN(c2ccc(-c3ccc(OC)c(OC)c3)nn2)CC1)CC1CCCO1. The summed E-state index contributed by atoms with van der Waals surface area (Å²) in [7, 11) is 3.20. The van der Waals surface area contributed by atoms with Crippen LogP contribution in [0.5, 0.6) is 11.5 Å². The van der Waals surface area contributed by atoms with E-state index < -0.39 is 0 Å². The van der Waals surface area contributed by atoms with E-state index in [1.54, 1.807) is 19.1 Å². The molecule has 3 amide bonds. The number of nitrogens with one attached hydrogen (secondary N) is 1. The molecule has 11 heteroatoms. The maximum atomic E-state index is 13.1. The van der Waals surface area contributed by atoms with E-state index in [0.717, 1.165) is 36.3 Å². The lowest BCUT2D eigenvalue weighted by Crippen LogP contribution is -2.54. The Balaban J connectivity index is 1.32. The molecule has 2 fully saturated rings. The number of carbonyl (C=O) groups is 2. The molecule has 4 rings (SSSR count). The molecule has 2 aliphatic heterocycles. The molecule has 0 aliphatic carbocycles. The lowest BCUT2D eigenvalue weighted by atomic mass is 10.1. The summed E-state index contributed by atoms with van der Waals surface area (Å²) in [5.74, 6) is 2.00. The minimum atomic E-state index is -0.209. The first-order chi connectivity index (χ1) is 18.5. The van der Waals surface area contributed by atoms with Gasteiger partial charge in [0, 0.05) is 51.4 Å². The summed E-state index contributed by atoms with van der Waals surface area (Å²) < 4.78 is 16.4. The molecule has 1 atom stereocenters. The number of urea groups is 1. The van der Waals surface area contributed by atoms with Crippen molar-refractivity contribution in [3.05, 3.63) is 30.3 Å². The zero-order chi connectivity index (χ0) is 26.9. The van der Waals surface area contributed by atoms with Gasteiger partial charge in [-0.1, -0.05) is 6.92 Å². The number of rotatable bonds is 10. The Bertz CT molecular complexity index is 1070. The van der Waals surface area contributed by atoms with Crippen molar-refractivity contribution in [2.24, 2.45) is 0 Å². The number of carbonyl (C=O) groups excluding carboxylic acids is 2. The number of amides is 3. The van der Waals surface area contributed by atoms with Gasteiger partial charge in [-0.15, -0.1) is 10.2 Å². The number of ether oxygens (including phenoxy) is 3. The molecule has 2 aliphatic rings. The van der Waals surface area contributed by atoms with Crippen LogP contribution < -0.4 is 19.7 Å². The van der Waals surface area contributed by atoms with E-state index in [1.807, 2.05) is 42.2 Å². The lowest BCUT2D eigenvalue weighted by Gasteiger charge is -2.36. The Morgan fingerprint density at radius 3 is 2.50 bits per heavy atom. The molecule has 0 spiro atoms. The summed E-state index contributed by atoms with van der Waals surface area (Å²) >= 11 is 0. The van der Waals surface area contributed by atoms with E-state index in [1.165, 1.54) is 0 Å². The summed E-state index contributed by atoms with van der Waals surface area (Å²) in [5, 5.41) is 11.7. The first-order valence-electron chi connectivity index (χ1n) is 13.3. The first-order valence-corrected chi connectivity index (χ1v) is 13.3. The molecule has 0 saturated carbocycles. The minimum Gasteiger partial charge on any atom is -0.493 e. The van der Waals surface area contributed by atoms with Gasteiger partial charge >= 0.3 is 6.03 Å². The molecule has 1 aromatic carbocycles. The van der Waals surface area contributed by atoms with Crippen molar-refractivity contribution in [2.45, 2.75) is 32.3 Å². The molecule has 1 unspecified atom stereocenters. The smallest absolute Gasteiger partial charge is 0.317 e. The Morgan fingerprint density at radius 2 is 1.87 bits per heavy atom. The summed E-state index contributed by atoms with van der Waals surface area (Å²) in [4.78, 5) is 31.3. The molecule has 11 nitrogen and oxygen atoms in total. The van der Waals surface area contributed by atoms with E-state index in [9.17, 15) is 9.59 Å². The van der Waals surface area contributed by atoms with Crippen LogP contribution >= 0.6 is 0 Å². The number of benzene rings is 1. The van der Waals surface area contributed by atoms with E-state index in [4.69, 9.17) is 14.2 Å². The van der Waals surface area contributed by atoms with Gasteiger partial charge in [-0.25, -0.2) is 4.79 Å². The predicted molar refractivity (Wildman–Crippen MR) is 144 cm³/mol. The number of anilines is 1. The van der Waals surface area contributed by atoms with E-state index in [2.05, 4.69) is 20.4 Å². The molecule has 206 valence electrons. The second kappa shape index (κ2) is 13.3. The van der Waals surface area contributed by atoms with Gasteiger partial charge in [0.15, 0.2) is 17.3 Å². The van der Waals surface area contributed by atoms with Crippen LogP contribution in [-0.4, -0.2) is 105 Å². The Morgan fingerprint density at radius 1 is 1.08 bits per heavy atom. The van der Waals surface area contributed by atoms with Crippen molar-refractivity contribution < 1.29 is 23.8 Å². The topological polar surface area (TPSA) is 109 Å². The highest BCUT2D eigenvalue weighted by molar-refractivity contribution is 5.84. The average molecular weight is 527 g/mol. The van der Waals surface area contributed by atoms with E-state index in [-0.39, 0.29) is 24.6 Å². The van der Waals surface area contributed by atoms with Gasteiger partial charge in [0.1, 0.15) is 6.54 Å². The number of nitrogens with zero attached hydrogens (tertiary/aromatic N) is 5. The van der Waals surface area contributed by atoms with Crippen LogP contribution in [0.25, 0.3) is 11.3 Å². The lowest BCUT2D eigenvalue weighted by molar-refractivity contribution is -0.132. The fourth-order valence-corrected chi connectivity index (χ4v) is 4.69. The molecule has 0 radical (unpaired) electrons. The molecule has 1 aromatic heterocycles. The van der Waals surface area contributed by atoms with Crippen LogP contribution in [0.15, 0.2) is 30.3 Å². The van der Waals surface area contributed by atoms with Crippen LogP contribution in [-0.2, 0) is 9.53 Å². The predicted octanol–water partition coefficient (Wildman–Crippen LogP) is 2.41. The van der Waals surface area contributed by atoms with Gasteiger partial charge < -0.3 is 34.2 Å². The highest BCUT2D eigenvalue weighted by atomic mass is 16.5. The summed E-state index contributed by atoms with van der Waals surface area (Å²) in [6, 6.07) is 9.29. The summed E-state index contributed by atoms with van der Waals surface area (Å²) in [5.41, 5.74) is 1.61. The van der Waals surface area contributed by atoms with Gasteiger partial charge in [-0.3, -0.25) is 4.79 Å². The number of methoxy groups -OCH3 is 2. The van der Waals surface area contributed by atoms with Crippen molar-refractivity contribution in [3.8, 4) is 22.8 Å². The Kier molecular flexibility index (Phi) is 9.58. The zero-order valence-electron chi connectivity index (χ0n) is 22.5. The fourth-order valence-electron chi connectivity index (χ4n) is 4.69. The normalized spacial score (nSPS) is 17.3. The van der Waals surface area contributed by atoms with Crippen molar-refractivity contribution in [1.29, 1.82) is 0 Å². The summed E-state index contributed by atoms with van der Waals surface area (Å²) in [6.45, 7) is 6.18. The van der Waals surface area contributed by atoms with Crippen LogP contribution in [0.4, 0.5) is 10.6 Å². The maximum absolute atomic E-state index is 13.1. The minimum absolute atomic E-state index is 0.00688. The van der Waals surface area contributed by atoms with Gasteiger partial charge in [-0.05, 0) is 49.6 Å². The molecular formula is C27H38N6O5. The first kappa shape index (κ1) is 27.4. The standard InChI is InChI=1S/C27H38N6O5/c1-4-11-28-27(35)33(18-21-6-5-16-38-21)19-26(34)32-14-12-31(13-15-32)25-10-8-22(29-30-25)20-7-9-23(36-2)24(17-20)37-3/h7-10,17,21H,4-6,11-16,18-19H2,1-3H3,(H,28,35). The third-order valence-corrected chi connectivity index (χ3v) is 6.87. The second-order valence-corrected chi connectivity index (χ2v) is 9.46. The number of piperazine rings is 1. The maximum Gasteiger partial charge on any atom is 0.317 e. The Hall–Kier alpha value is -3.60. The van der Waals surface area contributed by atoms with E-state index >= 15 is 0 Å². The highest BCUT2D eigenvalue weighted by Crippen LogP contribution is 2.31. The third kappa shape index (κ3) is 6.83. The molecule has 38 heavy (non-hydrogen) atoms. The third-order valence-electron chi connectivity index (χ3n) is 6.87. The number of aromatic nitrogens is 2. The van der Waals surface area contributed by atoms with Crippen LogP contribution in [0, 0.1) is 0 Å². The largest absolute Gasteiger partial charge is 0.493 e. The highest BCUT2D eigenvalue weighted by Gasteiger charge is 2.28. The fraction of sp³-hybridized carbons (Fsp3) is 0.556. The van der Waals surface area contributed by atoms with Crippen molar-refractivity contribution in [1.82, 2.24) is 25.3 Å². The van der Waals surface area contributed by atoms with Crippen molar-refractivity contribution >= 4 is 17.8 Å². The van der Waals surface area contributed by atoms with Gasteiger partial charge in [-0.2, -0.15) is 0 Å². The Labute approximate surface area is 224 Å². The van der Waals surface area contributed by atoms with Crippen molar-refractivity contribution in [3.63, 3.8) is 0 Å². The van der Waals surface area contributed by atoms with Gasteiger partial charge in [0.2, 0.25) is 5.91 Å².